The van der Waals surface area contributed by atoms with Crippen LogP contribution in [0.1, 0.15) is 44.6 Å². The van der Waals surface area contributed by atoms with E-state index in [4.69, 9.17) is 9.47 Å². The van der Waals surface area contributed by atoms with Gasteiger partial charge in [-0.05, 0) is 86.0 Å². The van der Waals surface area contributed by atoms with Crippen molar-refractivity contribution in [1.29, 1.82) is 0 Å². The summed E-state index contributed by atoms with van der Waals surface area (Å²) in [4.78, 5) is 17.5. The number of nitrogens with zero attached hydrogens (tertiary/aromatic N) is 1. The fourth-order valence-corrected chi connectivity index (χ4v) is 8.56. The number of nitrogens with one attached hydrogen (secondary N) is 1. The number of methoxy groups -OCH3 is 1. The van der Waals surface area contributed by atoms with E-state index in [-0.39, 0.29) is 28.7 Å². The molecule has 1 saturated carbocycles. The lowest BCUT2D eigenvalue weighted by Gasteiger charge is -2.56. The number of benzene rings is 1. The van der Waals surface area contributed by atoms with Gasteiger partial charge in [-0.1, -0.05) is 37.3 Å². The number of fused-ring (bicyclic) bond motifs is 2. The first-order valence-corrected chi connectivity index (χ1v) is 13.6. The van der Waals surface area contributed by atoms with Crippen molar-refractivity contribution in [3.63, 3.8) is 0 Å². The average Bonchev–Trinajstić information content (AvgIpc) is 3.39. The summed E-state index contributed by atoms with van der Waals surface area (Å²) in [5.74, 6) is 0.312. The van der Waals surface area contributed by atoms with Crippen molar-refractivity contribution in [3.8, 4) is 0 Å². The Balaban J connectivity index is 1.30. The van der Waals surface area contributed by atoms with Crippen LogP contribution in [0.5, 0.6) is 0 Å². The SMILES string of the molecule is COC1C(O)C2=CC3=CCC4(C)C(c5ccc6cc[nH]c(=O)c6c5)=CCC4C34CCC2(CC1N(C)C)O4. The van der Waals surface area contributed by atoms with Gasteiger partial charge in [0.2, 0.25) is 0 Å². The smallest absolute Gasteiger partial charge is 0.255 e. The number of pyridine rings is 1. The zero-order valence-electron chi connectivity index (χ0n) is 22.1. The molecular weight excluding hydrogens is 464 g/mol. The first kappa shape index (κ1) is 23.6. The van der Waals surface area contributed by atoms with Crippen molar-refractivity contribution in [3.05, 3.63) is 75.8 Å². The highest BCUT2D eigenvalue weighted by atomic mass is 16.5. The van der Waals surface area contributed by atoms with Crippen LogP contribution in [0, 0.1) is 11.3 Å². The molecule has 7 rings (SSSR count). The largest absolute Gasteiger partial charge is 0.386 e. The molecule has 2 N–H and O–H groups in total. The molecule has 7 unspecified atom stereocenters. The summed E-state index contributed by atoms with van der Waals surface area (Å²) in [7, 11) is 5.82. The van der Waals surface area contributed by atoms with Gasteiger partial charge in [-0.3, -0.25) is 4.79 Å². The second kappa shape index (κ2) is 7.76. The molecule has 0 amide bonds. The molecule has 1 aromatic carbocycles. The Hall–Kier alpha value is -2.51. The van der Waals surface area contributed by atoms with E-state index in [0.29, 0.717) is 5.92 Å². The van der Waals surface area contributed by atoms with Gasteiger partial charge in [0.1, 0.15) is 12.2 Å². The molecule has 37 heavy (non-hydrogen) atoms. The Labute approximate surface area is 217 Å². The standard InChI is InChI=1S/C31H36N2O4/c1-29-11-9-20-16-23-26(34)27(36-4)24(33(2)3)17-30(23)12-13-31(20,37-30)25(29)8-7-22(29)19-6-5-18-10-14-32-28(35)21(18)15-19/h5-7,9-10,14-16,24-27,34H,8,11-13,17H2,1-4H3,(H,32,35). The summed E-state index contributed by atoms with van der Waals surface area (Å²) in [5, 5.41) is 13.2. The number of ether oxygens (including phenoxy) is 2. The second-order valence-electron chi connectivity index (χ2n) is 12.3. The minimum absolute atomic E-state index is 0.0456. The number of aromatic nitrogens is 1. The van der Waals surface area contributed by atoms with Crippen LogP contribution in [-0.2, 0) is 9.47 Å². The molecule has 6 heteroatoms. The number of aliphatic hydroxyl groups is 1. The fourth-order valence-electron chi connectivity index (χ4n) is 8.56. The molecule has 2 aliphatic heterocycles. The van der Waals surface area contributed by atoms with Gasteiger partial charge in [-0.2, -0.15) is 0 Å². The first-order valence-electron chi connectivity index (χ1n) is 13.6. The van der Waals surface area contributed by atoms with Crippen molar-refractivity contribution in [2.24, 2.45) is 11.3 Å². The molecule has 0 radical (unpaired) electrons. The molecule has 1 aromatic heterocycles. The molecule has 2 bridgehead atoms. The lowest BCUT2D eigenvalue weighted by Crippen LogP contribution is -2.62. The van der Waals surface area contributed by atoms with Crippen LogP contribution in [-0.4, -0.2) is 65.6 Å². The third kappa shape index (κ3) is 2.98. The molecule has 7 atom stereocenters. The Morgan fingerprint density at radius 1 is 1.19 bits per heavy atom. The third-order valence-electron chi connectivity index (χ3n) is 10.4. The number of rotatable bonds is 3. The van der Waals surface area contributed by atoms with Crippen LogP contribution >= 0.6 is 0 Å². The van der Waals surface area contributed by atoms with E-state index in [2.05, 4.69) is 67.3 Å². The van der Waals surface area contributed by atoms with Gasteiger partial charge in [0.05, 0.1) is 11.2 Å². The number of hydrogen-bond donors (Lipinski definition) is 2. The fraction of sp³-hybridized carbons (Fsp3) is 0.516. The number of hydrogen-bond acceptors (Lipinski definition) is 5. The van der Waals surface area contributed by atoms with Crippen molar-refractivity contribution in [2.75, 3.05) is 21.2 Å². The quantitative estimate of drug-likeness (QED) is 0.661. The summed E-state index contributed by atoms with van der Waals surface area (Å²) in [6, 6.07) is 8.32. The van der Waals surface area contributed by atoms with E-state index in [1.807, 2.05) is 6.07 Å². The zero-order chi connectivity index (χ0) is 25.7. The van der Waals surface area contributed by atoms with Crippen molar-refractivity contribution in [2.45, 2.75) is 68.5 Å². The predicted molar refractivity (Wildman–Crippen MR) is 144 cm³/mol. The summed E-state index contributed by atoms with van der Waals surface area (Å²) in [5.41, 5.74) is 3.76. The summed E-state index contributed by atoms with van der Waals surface area (Å²) < 4.78 is 13.1. The summed E-state index contributed by atoms with van der Waals surface area (Å²) in [6.45, 7) is 2.38. The van der Waals surface area contributed by atoms with Gasteiger partial charge in [0, 0.05) is 36.1 Å². The Morgan fingerprint density at radius 3 is 2.81 bits per heavy atom. The monoisotopic (exact) mass is 500 g/mol. The average molecular weight is 501 g/mol. The maximum absolute atomic E-state index is 12.5. The van der Waals surface area contributed by atoms with Gasteiger partial charge in [0.25, 0.3) is 5.56 Å². The Bertz CT molecular complexity index is 1450. The van der Waals surface area contributed by atoms with E-state index in [9.17, 15) is 9.90 Å². The molecule has 194 valence electrons. The van der Waals surface area contributed by atoms with E-state index in [0.717, 1.165) is 54.0 Å². The van der Waals surface area contributed by atoms with E-state index < -0.39 is 11.7 Å². The van der Waals surface area contributed by atoms with E-state index in [1.165, 1.54) is 11.1 Å². The second-order valence-corrected chi connectivity index (χ2v) is 12.3. The molecule has 6 nitrogen and oxygen atoms in total. The van der Waals surface area contributed by atoms with Crippen LogP contribution in [0.15, 0.2) is 64.6 Å². The molecule has 2 spiro atoms. The molecule has 2 fully saturated rings. The number of aliphatic hydroxyl groups excluding tert-OH is 1. The molecular formula is C31H36N2O4. The van der Waals surface area contributed by atoms with E-state index in [1.54, 1.807) is 13.3 Å². The van der Waals surface area contributed by atoms with Gasteiger partial charge in [0.15, 0.2) is 0 Å². The molecule has 3 heterocycles. The molecule has 3 aliphatic carbocycles. The van der Waals surface area contributed by atoms with Gasteiger partial charge in [-0.25, -0.2) is 0 Å². The maximum Gasteiger partial charge on any atom is 0.255 e. The highest BCUT2D eigenvalue weighted by Gasteiger charge is 2.67. The van der Waals surface area contributed by atoms with Crippen molar-refractivity contribution < 1.29 is 14.6 Å². The first-order chi connectivity index (χ1) is 17.7. The number of likely N-dealkylation sites (N-methyl/N-ethyl adjacent to an activating group) is 1. The maximum atomic E-state index is 12.5. The summed E-state index contributed by atoms with van der Waals surface area (Å²) >= 11 is 0. The Morgan fingerprint density at radius 2 is 2.03 bits per heavy atom. The highest BCUT2D eigenvalue weighted by Crippen LogP contribution is 2.67. The molecule has 2 aromatic rings. The highest BCUT2D eigenvalue weighted by molar-refractivity contribution is 5.87. The Kier molecular flexibility index (Phi) is 4.95. The van der Waals surface area contributed by atoms with Crippen LogP contribution in [0.2, 0.25) is 0 Å². The third-order valence-corrected chi connectivity index (χ3v) is 10.4. The summed E-state index contributed by atoms with van der Waals surface area (Å²) in [6.07, 6.45) is 12.3. The van der Waals surface area contributed by atoms with Crippen LogP contribution in [0.3, 0.4) is 0 Å². The van der Waals surface area contributed by atoms with Crippen molar-refractivity contribution in [1.82, 2.24) is 9.88 Å². The lowest BCUT2D eigenvalue weighted by atomic mass is 9.58. The van der Waals surface area contributed by atoms with Crippen LogP contribution < -0.4 is 5.56 Å². The normalized spacial score (nSPS) is 40.1. The topological polar surface area (TPSA) is 74.8 Å². The number of H-pyrrole nitrogens is 1. The number of aromatic amines is 1. The number of allylic oxidation sites excluding steroid dienone is 3. The van der Waals surface area contributed by atoms with Crippen LogP contribution in [0.25, 0.3) is 16.3 Å². The molecule has 1 saturated heterocycles. The minimum Gasteiger partial charge on any atom is -0.386 e. The van der Waals surface area contributed by atoms with Crippen LogP contribution in [0.4, 0.5) is 0 Å². The lowest BCUT2D eigenvalue weighted by molar-refractivity contribution is -0.166. The van der Waals surface area contributed by atoms with Gasteiger partial charge in [-0.15, -0.1) is 0 Å². The van der Waals surface area contributed by atoms with E-state index >= 15 is 0 Å². The van der Waals surface area contributed by atoms with Gasteiger partial charge >= 0.3 is 0 Å². The van der Waals surface area contributed by atoms with Gasteiger partial charge < -0.3 is 24.5 Å². The van der Waals surface area contributed by atoms with Crippen molar-refractivity contribution >= 4 is 16.3 Å². The zero-order valence-corrected chi connectivity index (χ0v) is 22.1. The molecule has 5 aliphatic rings. The predicted octanol–water partition coefficient (Wildman–Crippen LogP) is 4.21. The minimum atomic E-state index is -0.676.